The van der Waals surface area contributed by atoms with Gasteiger partial charge in [-0.05, 0) is 37.5 Å². The summed E-state index contributed by atoms with van der Waals surface area (Å²) in [6, 6.07) is 9.97. The van der Waals surface area contributed by atoms with Crippen molar-refractivity contribution < 1.29 is 4.79 Å². The third kappa shape index (κ3) is 3.12. The summed E-state index contributed by atoms with van der Waals surface area (Å²) in [5.74, 6) is 0.480. The molecule has 1 heterocycles. The van der Waals surface area contributed by atoms with E-state index in [1.54, 1.807) is 6.07 Å². The van der Waals surface area contributed by atoms with Gasteiger partial charge in [0, 0.05) is 17.8 Å². The normalized spacial score (nSPS) is 13.8. The number of rotatable bonds is 4. The Balaban J connectivity index is 1.75. The van der Waals surface area contributed by atoms with Crippen LogP contribution in [0.1, 0.15) is 28.9 Å². The summed E-state index contributed by atoms with van der Waals surface area (Å²) in [4.78, 5) is 20.1. The molecule has 0 bridgehead atoms. The van der Waals surface area contributed by atoms with Gasteiger partial charge in [0.1, 0.15) is 17.8 Å². The average Bonchev–Trinajstić information content (AvgIpc) is 3.23. The Morgan fingerprint density at radius 2 is 2.10 bits per heavy atom. The number of aromatic nitrogens is 2. The molecule has 0 aliphatic heterocycles. The number of amides is 1. The molecular formula is C15H16N4O. The predicted molar refractivity (Wildman–Crippen MR) is 77.0 cm³/mol. The molecule has 2 N–H and O–H groups in total. The second-order valence-corrected chi connectivity index (χ2v) is 5.03. The van der Waals surface area contributed by atoms with Gasteiger partial charge in [-0.25, -0.2) is 9.97 Å². The molecule has 20 heavy (non-hydrogen) atoms. The third-order valence-corrected chi connectivity index (χ3v) is 3.10. The van der Waals surface area contributed by atoms with E-state index in [4.69, 9.17) is 0 Å². The van der Waals surface area contributed by atoms with Gasteiger partial charge in [0.05, 0.1) is 0 Å². The second kappa shape index (κ2) is 5.28. The van der Waals surface area contributed by atoms with E-state index in [2.05, 4.69) is 20.6 Å². The van der Waals surface area contributed by atoms with Crippen LogP contribution >= 0.6 is 0 Å². The van der Waals surface area contributed by atoms with Crippen LogP contribution in [0, 0.1) is 6.92 Å². The van der Waals surface area contributed by atoms with Gasteiger partial charge in [-0.15, -0.1) is 0 Å². The van der Waals surface area contributed by atoms with Crippen LogP contribution in [0.25, 0.3) is 0 Å². The Morgan fingerprint density at radius 1 is 1.25 bits per heavy atom. The third-order valence-electron chi connectivity index (χ3n) is 3.10. The van der Waals surface area contributed by atoms with Crippen LogP contribution in [0.5, 0.6) is 0 Å². The molecule has 1 aliphatic rings. The highest BCUT2D eigenvalue weighted by atomic mass is 16.2. The van der Waals surface area contributed by atoms with Gasteiger partial charge < -0.3 is 10.6 Å². The summed E-state index contributed by atoms with van der Waals surface area (Å²) >= 11 is 0. The molecular weight excluding hydrogens is 252 g/mol. The molecule has 2 aromatic rings. The van der Waals surface area contributed by atoms with Crippen molar-refractivity contribution in [2.45, 2.75) is 25.8 Å². The Labute approximate surface area is 117 Å². The maximum absolute atomic E-state index is 11.9. The van der Waals surface area contributed by atoms with Crippen LogP contribution in [0.15, 0.2) is 36.7 Å². The zero-order valence-corrected chi connectivity index (χ0v) is 11.3. The van der Waals surface area contributed by atoms with Crippen molar-refractivity contribution in [1.82, 2.24) is 15.3 Å². The summed E-state index contributed by atoms with van der Waals surface area (Å²) in [5, 5.41) is 6.09. The Hall–Kier alpha value is -2.43. The molecule has 1 saturated carbocycles. The lowest BCUT2D eigenvalue weighted by Crippen LogP contribution is -2.26. The number of carbonyl (C=O) groups is 1. The molecule has 5 heteroatoms. The van der Waals surface area contributed by atoms with Gasteiger partial charge in [-0.2, -0.15) is 0 Å². The Bertz CT molecular complexity index is 637. The largest absolute Gasteiger partial charge is 0.348 e. The average molecular weight is 268 g/mol. The smallest absolute Gasteiger partial charge is 0.270 e. The SMILES string of the molecule is Cc1cccc(Nc2cc(C(=O)NC3CC3)ncn2)c1. The van der Waals surface area contributed by atoms with Crippen molar-refractivity contribution in [3.8, 4) is 0 Å². The lowest BCUT2D eigenvalue weighted by Gasteiger charge is -2.07. The van der Waals surface area contributed by atoms with Crippen molar-refractivity contribution in [1.29, 1.82) is 0 Å². The zero-order valence-electron chi connectivity index (χ0n) is 11.3. The van der Waals surface area contributed by atoms with E-state index in [1.165, 1.54) is 6.33 Å². The van der Waals surface area contributed by atoms with Gasteiger partial charge in [-0.3, -0.25) is 4.79 Å². The van der Waals surface area contributed by atoms with E-state index < -0.39 is 0 Å². The first-order valence-corrected chi connectivity index (χ1v) is 6.67. The van der Waals surface area contributed by atoms with Crippen LogP contribution in [-0.2, 0) is 0 Å². The van der Waals surface area contributed by atoms with Gasteiger partial charge in [0.25, 0.3) is 5.91 Å². The summed E-state index contributed by atoms with van der Waals surface area (Å²) in [6.45, 7) is 2.03. The molecule has 3 rings (SSSR count). The van der Waals surface area contributed by atoms with E-state index >= 15 is 0 Å². The highest BCUT2D eigenvalue weighted by molar-refractivity contribution is 5.93. The maximum Gasteiger partial charge on any atom is 0.270 e. The number of benzene rings is 1. The quantitative estimate of drug-likeness (QED) is 0.893. The molecule has 0 unspecified atom stereocenters. The first-order chi connectivity index (χ1) is 9.70. The van der Waals surface area contributed by atoms with Crippen molar-refractivity contribution >= 4 is 17.4 Å². The maximum atomic E-state index is 11.9. The summed E-state index contributed by atoms with van der Waals surface area (Å²) < 4.78 is 0. The minimum absolute atomic E-state index is 0.137. The summed E-state index contributed by atoms with van der Waals surface area (Å²) in [7, 11) is 0. The van der Waals surface area contributed by atoms with E-state index in [0.29, 0.717) is 17.6 Å². The predicted octanol–water partition coefficient (Wildman–Crippen LogP) is 2.42. The van der Waals surface area contributed by atoms with Crippen molar-refractivity contribution in [2.75, 3.05) is 5.32 Å². The van der Waals surface area contributed by atoms with Crippen LogP contribution in [-0.4, -0.2) is 21.9 Å². The summed E-state index contributed by atoms with van der Waals surface area (Å²) in [5.41, 5.74) is 2.50. The number of aryl methyl sites for hydroxylation is 1. The molecule has 1 aromatic heterocycles. The fourth-order valence-corrected chi connectivity index (χ4v) is 1.91. The van der Waals surface area contributed by atoms with Gasteiger partial charge in [0.15, 0.2) is 0 Å². The van der Waals surface area contributed by atoms with Crippen LogP contribution in [0.4, 0.5) is 11.5 Å². The van der Waals surface area contributed by atoms with Gasteiger partial charge >= 0.3 is 0 Å². The second-order valence-electron chi connectivity index (χ2n) is 5.03. The standard InChI is InChI=1S/C15H16N4O/c1-10-3-2-4-12(7-10)18-14-8-13(16-9-17-14)15(20)19-11-5-6-11/h2-4,7-9,11H,5-6H2,1H3,(H,19,20)(H,16,17,18). The molecule has 0 spiro atoms. The van der Waals surface area contributed by atoms with E-state index in [1.807, 2.05) is 31.2 Å². The summed E-state index contributed by atoms with van der Waals surface area (Å²) in [6.07, 6.45) is 3.52. The molecule has 1 aliphatic carbocycles. The Morgan fingerprint density at radius 3 is 2.85 bits per heavy atom. The number of hydrogen-bond donors (Lipinski definition) is 2. The molecule has 1 amide bonds. The topological polar surface area (TPSA) is 66.9 Å². The molecule has 5 nitrogen and oxygen atoms in total. The molecule has 0 saturated heterocycles. The van der Waals surface area contributed by atoms with E-state index in [9.17, 15) is 4.79 Å². The number of nitrogens with zero attached hydrogens (tertiary/aromatic N) is 2. The first kappa shape index (κ1) is 12.6. The number of anilines is 2. The number of nitrogens with one attached hydrogen (secondary N) is 2. The van der Waals surface area contributed by atoms with E-state index in [-0.39, 0.29) is 5.91 Å². The molecule has 0 radical (unpaired) electrons. The monoisotopic (exact) mass is 268 g/mol. The molecule has 0 atom stereocenters. The zero-order chi connectivity index (χ0) is 13.9. The fraction of sp³-hybridized carbons (Fsp3) is 0.267. The van der Waals surface area contributed by atoms with Crippen molar-refractivity contribution in [2.24, 2.45) is 0 Å². The highest BCUT2D eigenvalue weighted by Crippen LogP contribution is 2.20. The van der Waals surface area contributed by atoms with Crippen molar-refractivity contribution in [3.63, 3.8) is 0 Å². The van der Waals surface area contributed by atoms with Gasteiger partial charge in [0.2, 0.25) is 0 Å². The van der Waals surface area contributed by atoms with Crippen molar-refractivity contribution in [3.05, 3.63) is 47.9 Å². The van der Waals surface area contributed by atoms with E-state index in [0.717, 1.165) is 24.1 Å². The number of carbonyl (C=O) groups excluding carboxylic acids is 1. The Kier molecular flexibility index (Phi) is 3.33. The fourth-order valence-electron chi connectivity index (χ4n) is 1.91. The van der Waals surface area contributed by atoms with Gasteiger partial charge in [-0.1, -0.05) is 12.1 Å². The first-order valence-electron chi connectivity index (χ1n) is 6.67. The lowest BCUT2D eigenvalue weighted by atomic mass is 10.2. The molecule has 1 aromatic carbocycles. The minimum Gasteiger partial charge on any atom is -0.348 e. The lowest BCUT2D eigenvalue weighted by molar-refractivity contribution is 0.0946. The van der Waals surface area contributed by atoms with Crippen LogP contribution in [0.3, 0.4) is 0 Å². The molecule has 1 fully saturated rings. The highest BCUT2D eigenvalue weighted by Gasteiger charge is 2.24. The molecule has 102 valence electrons. The van der Waals surface area contributed by atoms with Crippen LogP contribution < -0.4 is 10.6 Å². The van der Waals surface area contributed by atoms with Crippen LogP contribution in [0.2, 0.25) is 0 Å². The minimum atomic E-state index is -0.137. The number of hydrogen-bond acceptors (Lipinski definition) is 4.